The van der Waals surface area contributed by atoms with Crippen LogP contribution in [0.5, 0.6) is 0 Å². The smallest absolute Gasteiger partial charge is 0.0470 e. The van der Waals surface area contributed by atoms with E-state index < -0.39 is 0 Å². The van der Waals surface area contributed by atoms with Crippen molar-refractivity contribution in [1.82, 2.24) is 5.32 Å². The number of methoxy groups -OCH3 is 1. The lowest BCUT2D eigenvalue weighted by Gasteiger charge is -2.08. The molecule has 1 atom stereocenters. The molecule has 0 saturated heterocycles. The Hall–Kier alpha value is 0.270. The van der Waals surface area contributed by atoms with Gasteiger partial charge in [-0.3, -0.25) is 0 Å². The van der Waals surface area contributed by atoms with Crippen LogP contribution in [0.1, 0.15) is 13.3 Å². The van der Waals surface area contributed by atoms with Crippen molar-refractivity contribution in [3.8, 4) is 0 Å². The molecule has 0 bridgehead atoms. The van der Waals surface area contributed by atoms with Gasteiger partial charge in [0, 0.05) is 25.5 Å². The molecule has 0 saturated carbocycles. The summed E-state index contributed by atoms with van der Waals surface area (Å²) in [7, 11) is 3.75. The summed E-state index contributed by atoms with van der Waals surface area (Å²) in [6.07, 6.45) is 1.16. The fourth-order valence-electron chi connectivity index (χ4n) is 0.649. The van der Waals surface area contributed by atoms with Crippen molar-refractivity contribution in [3.05, 3.63) is 0 Å². The molecule has 0 fully saturated rings. The van der Waals surface area contributed by atoms with Gasteiger partial charge in [-0.1, -0.05) is 0 Å². The van der Waals surface area contributed by atoms with E-state index in [-0.39, 0.29) is 0 Å². The zero-order chi connectivity index (χ0) is 8.53. The summed E-state index contributed by atoms with van der Waals surface area (Å²) in [4.78, 5) is 0. The molecule has 68 valence electrons. The maximum absolute atomic E-state index is 4.95. The highest BCUT2D eigenvalue weighted by Gasteiger charge is 1.96. The van der Waals surface area contributed by atoms with Gasteiger partial charge in [0.1, 0.15) is 0 Å². The van der Waals surface area contributed by atoms with Gasteiger partial charge < -0.3 is 10.1 Å². The largest absolute Gasteiger partial charge is 0.385 e. The molecule has 0 spiro atoms. The molecule has 0 radical (unpaired) electrons. The molecule has 0 amide bonds. The van der Waals surface area contributed by atoms with Crippen LogP contribution in [0.4, 0.5) is 0 Å². The van der Waals surface area contributed by atoms with Gasteiger partial charge in [0.15, 0.2) is 0 Å². The monoisotopic (exact) mass is 177 g/mol. The van der Waals surface area contributed by atoms with E-state index in [0.717, 1.165) is 13.0 Å². The first-order valence-electron chi connectivity index (χ1n) is 4.05. The van der Waals surface area contributed by atoms with Gasteiger partial charge in [-0.15, -0.1) is 0 Å². The summed E-state index contributed by atoms with van der Waals surface area (Å²) in [6.45, 7) is 3.09. The van der Waals surface area contributed by atoms with Crippen LogP contribution >= 0.6 is 11.8 Å². The highest BCUT2D eigenvalue weighted by molar-refractivity contribution is 7.99. The van der Waals surface area contributed by atoms with Gasteiger partial charge in [0.25, 0.3) is 0 Å². The van der Waals surface area contributed by atoms with Gasteiger partial charge in [-0.05, 0) is 26.1 Å². The molecule has 0 aliphatic rings. The van der Waals surface area contributed by atoms with Crippen molar-refractivity contribution in [3.63, 3.8) is 0 Å². The molecular weight excluding hydrogens is 158 g/mol. The summed E-state index contributed by atoms with van der Waals surface area (Å²) in [5.74, 6) is 2.40. The zero-order valence-electron chi connectivity index (χ0n) is 7.72. The minimum absolute atomic E-state index is 0.627. The Labute approximate surface area is 74.1 Å². The van der Waals surface area contributed by atoms with Crippen molar-refractivity contribution in [2.24, 2.45) is 0 Å². The third-order valence-electron chi connectivity index (χ3n) is 1.50. The molecule has 0 rings (SSSR count). The molecule has 1 unspecified atom stereocenters. The van der Waals surface area contributed by atoms with E-state index >= 15 is 0 Å². The Morgan fingerprint density at radius 3 is 2.82 bits per heavy atom. The van der Waals surface area contributed by atoms with E-state index in [4.69, 9.17) is 4.74 Å². The topological polar surface area (TPSA) is 21.3 Å². The first kappa shape index (κ1) is 11.3. The summed E-state index contributed by atoms with van der Waals surface area (Å²) < 4.78 is 4.95. The third-order valence-corrected chi connectivity index (χ3v) is 2.81. The summed E-state index contributed by atoms with van der Waals surface area (Å²) >= 11 is 1.98. The van der Waals surface area contributed by atoms with Crippen LogP contribution in [0, 0.1) is 0 Å². The van der Waals surface area contributed by atoms with Crippen LogP contribution in [0.25, 0.3) is 0 Å². The van der Waals surface area contributed by atoms with Gasteiger partial charge >= 0.3 is 0 Å². The normalized spacial score (nSPS) is 13.4. The number of rotatable bonds is 7. The average molecular weight is 177 g/mol. The van der Waals surface area contributed by atoms with E-state index in [2.05, 4.69) is 12.2 Å². The van der Waals surface area contributed by atoms with Crippen LogP contribution in [0.2, 0.25) is 0 Å². The third kappa shape index (κ3) is 8.17. The Balaban J connectivity index is 2.89. The second-order valence-corrected chi connectivity index (χ2v) is 3.76. The number of thioether (sulfide) groups is 1. The summed E-state index contributed by atoms with van der Waals surface area (Å²) in [6, 6.07) is 0.627. The molecule has 2 nitrogen and oxygen atoms in total. The molecular formula is C8H19NOS. The van der Waals surface area contributed by atoms with Crippen molar-refractivity contribution < 1.29 is 4.74 Å². The lowest BCUT2D eigenvalue weighted by atomic mass is 10.4. The van der Waals surface area contributed by atoms with Gasteiger partial charge in [-0.2, -0.15) is 11.8 Å². The predicted octanol–water partition coefficient (Wildman–Crippen LogP) is 1.36. The van der Waals surface area contributed by atoms with E-state index in [1.54, 1.807) is 7.11 Å². The standard InChI is InChI=1S/C8H19NOS/c1-8(9-2)7-11-6-4-5-10-3/h8-9H,4-7H2,1-3H3. The molecule has 0 aromatic rings. The van der Waals surface area contributed by atoms with Gasteiger partial charge in [-0.25, -0.2) is 0 Å². The van der Waals surface area contributed by atoms with Crippen molar-refractivity contribution in [2.45, 2.75) is 19.4 Å². The van der Waals surface area contributed by atoms with Crippen molar-refractivity contribution in [1.29, 1.82) is 0 Å². The summed E-state index contributed by atoms with van der Waals surface area (Å²) in [5.41, 5.74) is 0. The van der Waals surface area contributed by atoms with Crippen molar-refractivity contribution >= 4 is 11.8 Å². The maximum Gasteiger partial charge on any atom is 0.0470 e. The van der Waals surface area contributed by atoms with E-state index in [9.17, 15) is 0 Å². The van der Waals surface area contributed by atoms with Gasteiger partial charge in [0.2, 0.25) is 0 Å². The lowest BCUT2D eigenvalue weighted by molar-refractivity contribution is 0.200. The van der Waals surface area contributed by atoms with Crippen LogP contribution in [0.3, 0.4) is 0 Å². The van der Waals surface area contributed by atoms with E-state index in [0.29, 0.717) is 6.04 Å². The molecule has 0 heterocycles. The Morgan fingerprint density at radius 2 is 2.27 bits per heavy atom. The molecule has 0 aromatic heterocycles. The molecule has 0 aliphatic heterocycles. The minimum atomic E-state index is 0.627. The first-order chi connectivity index (χ1) is 5.31. The first-order valence-corrected chi connectivity index (χ1v) is 5.20. The molecule has 0 aliphatic carbocycles. The van der Waals surface area contributed by atoms with E-state index in [1.165, 1.54) is 11.5 Å². The fourth-order valence-corrected chi connectivity index (χ4v) is 1.66. The highest BCUT2D eigenvalue weighted by atomic mass is 32.2. The fraction of sp³-hybridized carbons (Fsp3) is 1.00. The quantitative estimate of drug-likeness (QED) is 0.593. The molecule has 0 aromatic carbocycles. The maximum atomic E-state index is 4.95. The van der Waals surface area contributed by atoms with E-state index in [1.807, 2.05) is 18.8 Å². The minimum Gasteiger partial charge on any atom is -0.385 e. The van der Waals surface area contributed by atoms with Crippen LogP contribution in [-0.2, 0) is 4.74 Å². The van der Waals surface area contributed by atoms with Crippen LogP contribution in [-0.4, -0.2) is 38.3 Å². The Bertz CT molecular complexity index is 80.5. The highest BCUT2D eigenvalue weighted by Crippen LogP contribution is 2.04. The SMILES string of the molecule is CNC(C)CSCCCOC. The predicted molar refractivity (Wildman–Crippen MR) is 52.3 cm³/mol. The Morgan fingerprint density at radius 1 is 1.55 bits per heavy atom. The average Bonchev–Trinajstić information content (AvgIpc) is 2.04. The zero-order valence-corrected chi connectivity index (χ0v) is 8.54. The van der Waals surface area contributed by atoms with Crippen molar-refractivity contribution in [2.75, 3.05) is 32.3 Å². The lowest BCUT2D eigenvalue weighted by Crippen LogP contribution is -2.23. The second kappa shape index (κ2) is 8.37. The molecule has 11 heavy (non-hydrogen) atoms. The number of nitrogens with one attached hydrogen (secondary N) is 1. The van der Waals surface area contributed by atoms with Crippen LogP contribution < -0.4 is 5.32 Å². The number of hydrogen-bond donors (Lipinski definition) is 1. The number of ether oxygens (including phenoxy) is 1. The van der Waals surface area contributed by atoms with Crippen LogP contribution in [0.15, 0.2) is 0 Å². The second-order valence-electron chi connectivity index (χ2n) is 2.61. The van der Waals surface area contributed by atoms with Gasteiger partial charge in [0.05, 0.1) is 0 Å². The number of hydrogen-bond acceptors (Lipinski definition) is 3. The summed E-state index contributed by atoms with van der Waals surface area (Å²) in [5, 5.41) is 3.20. The Kier molecular flexibility index (Phi) is 8.57. The molecule has 3 heteroatoms. The molecule has 1 N–H and O–H groups in total.